The lowest BCUT2D eigenvalue weighted by molar-refractivity contribution is -0.195. The van der Waals surface area contributed by atoms with E-state index in [0.29, 0.717) is 15.7 Å². The Morgan fingerprint density at radius 1 is 1.35 bits per heavy atom. The summed E-state index contributed by atoms with van der Waals surface area (Å²) in [6.07, 6.45) is 1.72. The number of tetrazole rings is 1. The Labute approximate surface area is 145 Å². The van der Waals surface area contributed by atoms with E-state index in [1.807, 2.05) is 18.2 Å². The molecule has 0 saturated heterocycles. The zero-order valence-corrected chi connectivity index (χ0v) is 14.1. The number of hydrogen-bond donors (Lipinski definition) is 2. The molecule has 7 nitrogen and oxygen atoms in total. The molecule has 2 heterocycles. The maximum absolute atomic E-state index is 6.30. The summed E-state index contributed by atoms with van der Waals surface area (Å²) < 4.78 is 4.68. The molecule has 23 heavy (non-hydrogen) atoms. The van der Waals surface area contributed by atoms with Gasteiger partial charge in [-0.25, -0.2) is 0 Å². The first-order valence-corrected chi connectivity index (χ1v) is 8.56. The van der Waals surface area contributed by atoms with E-state index in [9.17, 15) is 0 Å². The molecule has 10 heteroatoms. The minimum atomic E-state index is 0.498. The first kappa shape index (κ1) is 16.4. The second-order valence-corrected chi connectivity index (χ2v) is 6.68. The van der Waals surface area contributed by atoms with Crippen molar-refractivity contribution in [3.63, 3.8) is 0 Å². The molecule has 0 saturated carbocycles. The van der Waals surface area contributed by atoms with Gasteiger partial charge >= 0.3 is 0 Å². The third-order valence-electron chi connectivity index (χ3n) is 3.13. The van der Waals surface area contributed by atoms with E-state index in [-0.39, 0.29) is 0 Å². The standard InChI is InChI=1S/C13H12ClN5O2S2/c14-11-6-8(3-4-9-2-1-5-22-9)10(13-16-18-19-17-13)7-12(11)23-21-20-15/h1-2,5-7H,3-4,15H2,(H,16,17,18,19). The maximum atomic E-state index is 6.30. The van der Waals surface area contributed by atoms with Gasteiger partial charge in [-0.2, -0.15) is 11.1 Å². The second-order valence-electron chi connectivity index (χ2n) is 4.50. The van der Waals surface area contributed by atoms with Gasteiger partial charge in [0.25, 0.3) is 0 Å². The molecule has 0 unspecified atom stereocenters. The molecule has 0 atom stereocenters. The van der Waals surface area contributed by atoms with Crippen LogP contribution in [0.15, 0.2) is 34.5 Å². The Bertz CT molecular complexity index is 752. The number of aryl methyl sites for hydroxylation is 2. The highest BCUT2D eigenvalue weighted by Crippen LogP contribution is 2.34. The highest BCUT2D eigenvalue weighted by Gasteiger charge is 2.15. The topological polar surface area (TPSA) is 98.9 Å². The summed E-state index contributed by atoms with van der Waals surface area (Å²) in [4.78, 5) is 6.07. The minimum absolute atomic E-state index is 0.498. The van der Waals surface area contributed by atoms with Crippen LogP contribution in [0.3, 0.4) is 0 Å². The van der Waals surface area contributed by atoms with Crippen LogP contribution in [-0.2, 0) is 22.2 Å². The van der Waals surface area contributed by atoms with Crippen LogP contribution in [0.4, 0.5) is 0 Å². The summed E-state index contributed by atoms with van der Waals surface area (Å²) in [5, 5.41) is 16.8. The third-order valence-corrected chi connectivity index (χ3v) is 5.15. The molecule has 0 amide bonds. The van der Waals surface area contributed by atoms with Gasteiger partial charge < -0.3 is 0 Å². The van der Waals surface area contributed by atoms with E-state index in [2.05, 4.69) is 41.4 Å². The first-order chi connectivity index (χ1) is 11.3. The minimum Gasteiger partial charge on any atom is -0.182 e. The zero-order valence-electron chi connectivity index (χ0n) is 11.7. The fraction of sp³-hybridized carbons (Fsp3) is 0.154. The van der Waals surface area contributed by atoms with Gasteiger partial charge in [0.05, 0.1) is 22.0 Å². The second kappa shape index (κ2) is 7.86. The SMILES string of the molecule is NOOSc1cc(-c2nn[nH]n2)c(CCc2cccs2)cc1Cl. The van der Waals surface area contributed by atoms with Crippen molar-refractivity contribution in [3.8, 4) is 11.4 Å². The fourth-order valence-corrected chi connectivity index (χ4v) is 3.53. The van der Waals surface area contributed by atoms with Gasteiger partial charge in [-0.1, -0.05) is 17.7 Å². The van der Waals surface area contributed by atoms with Crippen molar-refractivity contribution in [1.82, 2.24) is 20.6 Å². The van der Waals surface area contributed by atoms with Crippen molar-refractivity contribution in [1.29, 1.82) is 0 Å². The van der Waals surface area contributed by atoms with Crippen molar-refractivity contribution in [2.75, 3.05) is 0 Å². The van der Waals surface area contributed by atoms with E-state index in [0.717, 1.165) is 36.0 Å². The molecule has 0 fully saturated rings. The van der Waals surface area contributed by atoms with Crippen LogP contribution < -0.4 is 5.90 Å². The van der Waals surface area contributed by atoms with Crippen LogP contribution in [0, 0.1) is 0 Å². The molecule has 0 bridgehead atoms. The molecular formula is C13H12ClN5O2S2. The van der Waals surface area contributed by atoms with Crippen LogP contribution in [0.2, 0.25) is 5.02 Å². The van der Waals surface area contributed by atoms with Crippen molar-refractivity contribution >= 4 is 35.0 Å². The maximum Gasteiger partial charge on any atom is 0.204 e. The highest BCUT2D eigenvalue weighted by molar-refractivity contribution is 7.94. The lowest BCUT2D eigenvalue weighted by atomic mass is 10.0. The summed E-state index contributed by atoms with van der Waals surface area (Å²) in [5.41, 5.74) is 1.87. The Hall–Kier alpha value is -1.49. The largest absolute Gasteiger partial charge is 0.204 e. The van der Waals surface area contributed by atoms with Crippen molar-refractivity contribution in [2.45, 2.75) is 17.7 Å². The van der Waals surface area contributed by atoms with Gasteiger partial charge in [-0.3, -0.25) is 0 Å². The monoisotopic (exact) mass is 369 g/mol. The number of hydrogen-bond acceptors (Lipinski definition) is 8. The smallest absolute Gasteiger partial charge is 0.182 e. The number of aromatic nitrogens is 4. The van der Waals surface area contributed by atoms with E-state index >= 15 is 0 Å². The third kappa shape index (κ3) is 4.08. The van der Waals surface area contributed by atoms with E-state index in [1.54, 1.807) is 11.3 Å². The number of halogens is 1. The number of nitrogens with one attached hydrogen (secondary N) is 1. The Kier molecular flexibility index (Phi) is 5.60. The fourth-order valence-electron chi connectivity index (χ4n) is 2.12. The average Bonchev–Trinajstić information content (AvgIpc) is 3.25. The van der Waals surface area contributed by atoms with Crippen LogP contribution >= 0.6 is 35.0 Å². The molecule has 0 aliphatic heterocycles. The van der Waals surface area contributed by atoms with Crippen LogP contribution in [0.5, 0.6) is 0 Å². The molecule has 0 radical (unpaired) electrons. The number of nitrogens with two attached hydrogens (primary N) is 1. The van der Waals surface area contributed by atoms with Crippen molar-refractivity contribution in [3.05, 3.63) is 45.1 Å². The molecule has 0 spiro atoms. The molecule has 120 valence electrons. The van der Waals surface area contributed by atoms with Crippen LogP contribution in [0.1, 0.15) is 10.4 Å². The number of rotatable bonds is 7. The molecule has 3 aromatic rings. The summed E-state index contributed by atoms with van der Waals surface area (Å²) in [6, 6.07) is 7.86. The first-order valence-electron chi connectivity index (χ1n) is 6.56. The predicted octanol–water partition coefficient (Wildman–Crippen LogP) is 3.20. The summed E-state index contributed by atoms with van der Waals surface area (Å²) >= 11 is 8.95. The van der Waals surface area contributed by atoms with Crippen LogP contribution in [0.25, 0.3) is 11.4 Å². The average molecular weight is 370 g/mol. The molecule has 2 aromatic heterocycles. The number of aromatic amines is 1. The number of benzene rings is 1. The molecule has 0 aliphatic carbocycles. The predicted molar refractivity (Wildman–Crippen MR) is 88.6 cm³/mol. The van der Waals surface area contributed by atoms with Gasteiger partial charge in [0.2, 0.25) is 5.82 Å². The zero-order chi connectivity index (χ0) is 16.1. The summed E-state index contributed by atoms with van der Waals surface area (Å²) in [5.74, 6) is 5.36. The summed E-state index contributed by atoms with van der Waals surface area (Å²) in [6.45, 7) is 0. The molecule has 1 aromatic carbocycles. The van der Waals surface area contributed by atoms with Gasteiger partial charge in [0.1, 0.15) is 0 Å². The molecule has 0 aliphatic rings. The van der Waals surface area contributed by atoms with Crippen molar-refractivity contribution in [2.24, 2.45) is 5.90 Å². The van der Waals surface area contributed by atoms with Crippen molar-refractivity contribution < 1.29 is 9.32 Å². The highest BCUT2D eigenvalue weighted by atomic mass is 35.5. The van der Waals surface area contributed by atoms with Gasteiger partial charge in [-0.05, 0) is 47.2 Å². The van der Waals surface area contributed by atoms with Gasteiger partial charge in [0, 0.05) is 10.4 Å². The Morgan fingerprint density at radius 3 is 2.96 bits per heavy atom. The normalized spacial score (nSPS) is 11.0. The van der Waals surface area contributed by atoms with Gasteiger partial charge in [0.15, 0.2) is 0 Å². The molecule has 3 N–H and O–H groups in total. The Morgan fingerprint density at radius 2 is 2.26 bits per heavy atom. The lowest BCUT2D eigenvalue weighted by Crippen LogP contribution is -1.97. The molecular weight excluding hydrogens is 358 g/mol. The number of nitrogens with zero attached hydrogens (tertiary/aromatic N) is 3. The Balaban J connectivity index is 1.91. The summed E-state index contributed by atoms with van der Waals surface area (Å²) in [7, 11) is 0. The molecule has 3 rings (SSSR count). The number of H-pyrrole nitrogens is 1. The van der Waals surface area contributed by atoms with E-state index < -0.39 is 0 Å². The number of thiophene rings is 1. The van der Waals surface area contributed by atoms with Crippen LogP contribution in [-0.4, -0.2) is 20.6 Å². The van der Waals surface area contributed by atoms with E-state index in [1.165, 1.54) is 4.88 Å². The van der Waals surface area contributed by atoms with Gasteiger partial charge in [-0.15, -0.1) is 30.9 Å². The lowest BCUT2D eigenvalue weighted by Gasteiger charge is -2.10. The van der Waals surface area contributed by atoms with E-state index in [4.69, 9.17) is 17.5 Å². The quantitative estimate of drug-likeness (QED) is 0.375.